The first-order chi connectivity index (χ1) is 14.7. The van der Waals surface area contributed by atoms with Crippen molar-refractivity contribution in [3.63, 3.8) is 0 Å². The molecule has 1 aliphatic carbocycles. The highest BCUT2D eigenvalue weighted by molar-refractivity contribution is 5.91. The average Bonchev–Trinajstić information content (AvgIpc) is 3.35. The number of amides is 1. The molecule has 3 N–H and O–H groups in total. The molecule has 1 saturated carbocycles. The Bertz CT molecular complexity index is 1130. The van der Waals surface area contributed by atoms with E-state index in [2.05, 4.69) is 15.0 Å². The molecule has 6 rings (SSSR count). The minimum Gasteiger partial charge on any atom is -0.491 e. The van der Waals surface area contributed by atoms with Gasteiger partial charge in [-0.05, 0) is 31.2 Å². The van der Waals surface area contributed by atoms with Crippen LogP contribution >= 0.6 is 0 Å². The van der Waals surface area contributed by atoms with Gasteiger partial charge in [-0.1, -0.05) is 0 Å². The van der Waals surface area contributed by atoms with Crippen molar-refractivity contribution in [2.75, 3.05) is 25.1 Å². The summed E-state index contributed by atoms with van der Waals surface area (Å²) in [6.45, 7) is 2.87. The van der Waals surface area contributed by atoms with Gasteiger partial charge < -0.3 is 25.1 Å². The molecule has 4 heterocycles. The van der Waals surface area contributed by atoms with E-state index in [1.54, 1.807) is 0 Å². The van der Waals surface area contributed by atoms with Crippen molar-refractivity contribution < 1.29 is 14.3 Å². The van der Waals surface area contributed by atoms with Crippen molar-refractivity contribution in [2.24, 2.45) is 11.7 Å². The lowest BCUT2D eigenvalue weighted by atomic mass is 10.1. The highest BCUT2D eigenvalue weighted by Crippen LogP contribution is 2.38. The van der Waals surface area contributed by atoms with Crippen LogP contribution in [0.2, 0.25) is 0 Å². The molecule has 30 heavy (non-hydrogen) atoms. The van der Waals surface area contributed by atoms with Gasteiger partial charge in [-0.15, -0.1) is 0 Å². The van der Waals surface area contributed by atoms with E-state index in [-0.39, 0.29) is 11.9 Å². The number of ether oxygens (including phenoxy) is 2. The third-order valence-electron chi connectivity index (χ3n) is 6.17. The van der Waals surface area contributed by atoms with Crippen LogP contribution in [0.5, 0.6) is 5.75 Å². The summed E-state index contributed by atoms with van der Waals surface area (Å²) in [4.78, 5) is 16.8. The number of nitrogens with two attached hydrogens (primary N) is 1. The fourth-order valence-electron chi connectivity index (χ4n) is 4.33. The third-order valence-corrected chi connectivity index (χ3v) is 6.17. The Balaban J connectivity index is 1.41. The highest BCUT2D eigenvalue weighted by Gasteiger charge is 2.35. The summed E-state index contributed by atoms with van der Waals surface area (Å²) in [5.41, 5.74) is 9.23. The maximum Gasteiger partial charge on any atom is 0.240 e. The standard InChI is InChI=1S/C21H24N6O3/c22-20(28)18(12-2-3-12)24-14-6-16-19-17(7-14)30-5-1-4-26(19)21(25-16)13-8-23-27(9-13)15-10-29-11-15/h6-9,12,15,18,24H,1-5,10-11H2,(H2,22,28)/t18-/m0/s1. The van der Waals surface area contributed by atoms with E-state index in [0.717, 1.165) is 59.7 Å². The van der Waals surface area contributed by atoms with Gasteiger partial charge in [-0.2, -0.15) is 5.10 Å². The lowest BCUT2D eigenvalue weighted by Crippen LogP contribution is -2.37. The number of rotatable bonds is 6. The number of aromatic nitrogens is 4. The first-order valence-corrected chi connectivity index (χ1v) is 10.5. The van der Waals surface area contributed by atoms with Gasteiger partial charge in [-0.25, -0.2) is 4.98 Å². The number of carbonyl (C=O) groups excluding carboxylic acids is 1. The Morgan fingerprint density at radius 1 is 1.30 bits per heavy atom. The third kappa shape index (κ3) is 2.92. The van der Waals surface area contributed by atoms with Crippen molar-refractivity contribution in [1.82, 2.24) is 19.3 Å². The molecule has 3 aromatic rings. The number of hydrogen-bond acceptors (Lipinski definition) is 6. The van der Waals surface area contributed by atoms with Crippen molar-refractivity contribution in [3.05, 3.63) is 24.5 Å². The molecule has 9 nitrogen and oxygen atoms in total. The molecule has 3 aliphatic rings. The van der Waals surface area contributed by atoms with Gasteiger partial charge in [0.1, 0.15) is 23.1 Å². The van der Waals surface area contributed by atoms with Gasteiger partial charge in [0, 0.05) is 24.5 Å². The summed E-state index contributed by atoms with van der Waals surface area (Å²) < 4.78 is 15.5. The minimum absolute atomic E-state index is 0.301. The molecule has 2 aromatic heterocycles. The Labute approximate surface area is 173 Å². The molecule has 0 bridgehead atoms. The van der Waals surface area contributed by atoms with Crippen molar-refractivity contribution >= 4 is 22.6 Å². The fourth-order valence-corrected chi connectivity index (χ4v) is 4.33. The van der Waals surface area contributed by atoms with Gasteiger partial charge in [-0.3, -0.25) is 9.48 Å². The van der Waals surface area contributed by atoms with Gasteiger partial charge >= 0.3 is 0 Å². The zero-order valence-electron chi connectivity index (χ0n) is 16.6. The molecule has 9 heteroatoms. The second kappa shape index (κ2) is 6.73. The molecule has 1 aromatic carbocycles. The molecule has 1 amide bonds. The fraction of sp³-hybridized carbons (Fsp3) is 0.476. The number of primary amides is 1. The maximum atomic E-state index is 11.9. The van der Waals surface area contributed by atoms with Crippen LogP contribution in [0.4, 0.5) is 5.69 Å². The molecule has 1 saturated heterocycles. The van der Waals surface area contributed by atoms with E-state index in [1.807, 2.05) is 29.2 Å². The van der Waals surface area contributed by atoms with Crippen LogP contribution in [0.15, 0.2) is 24.5 Å². The number of nitrogens with one attached hydrogen (secondary N) is 1. The van der Waals surface area contributed by atoms with E-state index in [1.165, 1.54) is 0 Å². The first kappa shape index (κ1) is 17.8. The van der Waals surface area contributed by atoms with E-state index in [0.29, 0.717) is 31.8 Å². The molecular weight excluding hydrogens is 384 g/mol. The SMILES string of the molecule is NC(=O)[C@@H](Nc1cc2c3c(c1)nc(-c1cnn(C4COC4)c1)n3CCCO2)C1CC1. The predicted molar refractivity (Wildman–Crippen MR) is 110 cm³/mol. The van der Waals surface area contributed by atoms with Crippen LogP contribution in [0.1, 0.15) is 25.3 Å². The number of aryl methyl sites for hydroxylation is 1. The molecule has 2 fully saturated rings. The van der Waals surface area contributed by atoms with E-state index in [9.17, 15) is 4.79 Å². The van der Waals surface area contributed by atoms with Crippen LogP contribution in [0.3, 0.4) is 0 Å². The maximum absolute atomic E-state index is 11.9. The second-order valence-electron chi connectivity index (χ2n) is 8.39. The number of hydrogen-bond donors (Lipinski definition) is 2. The lowest BCUT2D eigenvalue weighted by molar-refractivity contribution is -0.119. The van der Waals surface area contributed by atoms with Gasteiger partial charge in [0.05, 0.1) is 43.1 Å². The number of benzene rings is 1. The summed E-state index contributed by atoms with van der Waals surface area (Å²) >= 11 is 0. The predicted octanol–water partition coefficient (Wildman–Crippen LogP) is 1.93. The molecule has 0 unspecified atom stereocenters. The summed E-state index contributed by atoms with van der Waals surface area (Å²) in [5, 5.41) is 7.84. The molecule has 2 aliphatic heterocycles. The zero-order chi connectivity index (χ0) is 20.2. The van der Waals surface area contributed by atoms with Crippen LogP contribution in [0.25, 0.3) is 22.4 Å². The zero-order valence-corrected chi connectivity index (χ0v) is 16.6. The Morgan fingerprint density at radius 2 is 2.17 bits per heavy atom. The van der Waals surface area contributed by atoms with Crippen LogP contribution in [-0.4, -0.2) is 51.1 Å². The van der Waals surface area contributed by atoms with Crippen molar-refractivity contribution in [3.8, 4) is 17.1 Å². The Morgan fingerprint density at radius 3 is 2.90 bits per heavy atom. The topological polar surface area (TPSA) is 109 Å². The highest BCUT2D eigenvalue weighted by atomic mass is 16.5. The Hall–Kier alpha value is -3.07. The molecule has 156 valence electrons. The largest absolute Gasteiger partial charge is 0.491 e. The van der Waals surface area contributed by atoms with E-state index >= 15 is 0 Å². The molecule has 0 radical (unpaired) electrons. The summed E-state index contributed by atoms with van der Waals surface area (Å²) in [6.07, 6.45) is 6.86. The summed E-state index contributed by atoms with van der Waals surface area (Å²) in [5.74, 6) is 1.66. The van der Waals surface area contributed by atoms with E-state index in [4.69, 9.17) is 20.2 Å². The molecular formula is C21H24N6O3. The second-order valence-corrected chi connectivity index (χ2v) is 8.39. The lowest BCUT2D eigenvalue weighted by Gasteiger charge is -2.25. The van der Waals surface area contributed by atoms with Crippen LogP contribution < -0.4 is 15.8 Å². The number of imidazole rings is 1. The van der Waals surface area contributed by atoms with Gasteiger partial charge in [0.2, 0.25) is 5.91 Å². The quantitative estimate of drug-likeness (QED) is 0.645. The summed E-state index contributed by atoms with van der Waals surface area (Å²) in [7, 11) is 0. The van der Waals surface area contributed by atoms with Crippen LogP contribution in [0, 0.1) is 5.92 Å². The minimum atomic E-state index is -0.357. The number of nitrogens with zero attached hydrogens (tertiary/aromatic N) is 4. The normalized spacial score (nSPS) is 19.7. The van der Waals surface area contributed by atoms with Gasteiger partial charge in [0.25, 0.3) is 0 Å². The summed E-state index contributed by atoms with van der Waals surface area (Å²) in [6, 6.07) is 3.89. The van der Waals surface area contributed by atoms with Crippen molar-refractivity contribution in [2.45, 2.75) is 37.9 Å². The smallest absolute Gasteiger partial charge is 0.240 e. The first-order valence-electron chi connectivity index (χ1n) is 10.5. The monoisotopic (exact) mass is 408 g/mol. The number of carbonyl (C=O) groups is 1. The molecule has 0 spiro atoms. The van der Waals surface area contributed by atoms with E-state index < -0.39 is 0 Å². The Kier molecular flexibility index (Phi) is 3.98. The number of anilines is 1. The average molecular weight is 408 g/mol. The molecule has 1 atom stereocenters. The van der Waals surface area contributed by atoms with Crippen molar-refractivity contribution in [1.29, 1.82) is 0 Å². The van der Waals surface area contributed by atoms with Gasteiger partial charge in [0.15, 0.2) is 0 Å². The van der Waals surface area contributed by atoms with Crippen LogP contribution in [-0.2, 0) is 16.1 Å².